The van der Waals surface area contributed by atoms with Crippen molar-refractivity contribution in [2.75, 3.05) is 18.8 Å². The summed E-state index contributed by atoms with van der Waals surface area (Å²) < 4.78 is 7.86. The number of amides is 1. The van der Waals surface area contributed by atoms with Gasteiger partial charge in [0, 0.05) is 42.5 Å². The van der Waals surface area contributed by atoms with Crippen LogP contribution >= 0.6 is 23.2 Å². The van der Waals surface area contributed by atoms with Crippen LogP contribution in [0.3, 0.4) is 0 Å². The summed E-state index contributed by atoms with van der Waals surface area (Å²) >= 11 is 12.6. The molecule has 0 bridgehead atoms. The van der Waals surface area contributed by atoms with E-state index in [2.05, 4.69) is 20.3 Å². The van der Waals surface area contributed by atoms with Gasteiger partial charge in [-0.1, -0.05) is 29.3 Å². The molecule has 4 heterocycles. The highest BCUT2D eigenvalue weighted by Crippen LogP contribution is 2.37. The van der Waals surface area contributed by atoms with Crippen LogP contribution in [0.15, 0.2) is 47.3 Å². The van der Waals surface area contributed by atoms with Gasteiger partial charge < -0.3 is 15.1 Å². The van der Waals surface area contributed by atoms with E-state index in [1.165, 1.54) is 0 Å². The highest BCUT2D eigenvalue weighted by molar-refractivity contribution is 6.38. The lowest BCUT2D eigenvalue weighted by Crippen LogP contribution is -2.39. The Hall–Kier alpha value is -3.43. The molecule has 3 aromatic heterocycles. The van der Waals surface area contributed by atoms with Crippen LogP contribution in [0.2, 0.25) is 10.0 Å². The Morgan fingerprint density at radius 3 is 2.44 bits per heavy atom. The minimum absolute atomic E-state index is 0.199. The van der Waals surface area contributed by atoms with Crippen LogP contribution < -0.4 is 5.73 Å². The molecular formula is C25H23Cl2N7O2. The van der Waals surface area contributed by atoms with Gasteiger partial charge in [0.25, 0.3) is 11.8 Å². The molecule has 2 fully saturated rings. The van der Waals surface area contributed by atoms with Gasteiger partial charge in [-0.05, 0) is 43.9 Å². The van der Waals surface area contributed by atoms with Crippen LogP contribution in [0, 0.1) is 5.92 Å². The molecule has 1 amide bonds. The molecular weight excluding hydrogens is 501 g/mol. The Labute approximate surface area is 217 Å². The molecule has 2 aliphatic rings. The summed E-state index contributed by atoms with van der Waals surface area (Å²) in [7, 11) is 0. The first kappa shape index (κ1) is 23.0. The van der Waals surface area contributed by atoms with E-state index in [0.717, 1.165) is 49.9 Å². The molecule has 184 valence electrons. The Bertz CT molecular complexity index is 1420. The lowest BCUT2D eigenvalue weighted by atomic mass is 10.0. The number of likely N-dealkylation sites (tertiary alicyclic amines) is 1. The average Bonchev–Trinajstić information content (AvgIpc) is 3.41. The quantitative estimate of drug-likeness (QED) is 0.385. The molecule has 1 saturated carbocycles. The first-order valence-corrected chi connectivity index (χ1v) is 12.6. The highest BCUT2D eigenvalue weighted by Gasteiger charge is 2.35. The van der Waals surface area contributed by atoms with E-state index in [-0.39, 0.29) is 29.6 Å². The lowest BCUT2D eigenvalue weighted by molar-refractivity contribution is -0.133. The zero-order valence-electron chi connectivity index (χ0n) is 19.3. The van der Waals surface area contributed by atoms with E-state index in [1.807, 2.05) is 28.0 Å². The van der Waals surface area contributed by atoms with Crippen LogP contribution in [-0.2, 0) is 4.79 Å². The molecule has 6 rings (SSSR count). The number of nitrogens with zero attached hydrogens (tertiary/aromatic N) is 6. The number of carbonyl (C=O) groups is 1. The van der Waals surface area contributed by atoms with Crippen molar-refractivity contribution in [1.82, 2.24) is 29.9 Å². The van der Waals surface area contributed by atoms with E-state index < -0.39 is 0 Å². The topological polar surface area (TPSA) is 116 Å². The molecule has 9 nitrogen and oxygen atoms in total. The van der Waals surface area contributed by atoms with Crippen molar-refractivity contribution in [2.24, 2.45) is 5.92 Å². The van der Waals surface area contributed by atoms with Gasteiger partial charge >= 0.3 is 0 Å². The van der Waals surface area contributed by atoms with Gasteiger partial charge in [0.2, 0.25) is 5.91 Å². The van der Waals surface area contributed by atoms with Gasteiger partial charge in [-0.3, -0.25) is 9.48 Å². The number of carbonyl (C=O) groups excluding carboxylic acids is 1. The predicted octanol–water partition coefficient (Wildman–Crippen LogP) is 5.12. The first-order valence-electron chi connectivity index (χ1n) is 11.8. The molecule has 1 aliphatic heterocycles. The van der Waals surface area contributed by atoms with Gasteiger partial charge in [0.15, 0.2) is 0 Å². The van der Waals surface area contributed by atoms with Gasteiger partial charge in [-0.25, -0.2) is 4.98 Å². The van der Waals surface area contributed by atoms with Crippen molar-refractivity contribution in [3.8, 4) is 34.0 Å². The second kappa shape index (κ2) is 9.22. The molecule has 1 aromatic carbocycles. The van der Waals surface area contributed by atoms with Crippen LogP contribution in [-0.4, -0.2) is 48.9 Å². The molecule has 36 heavy (non-hydrogen) atoms. The van der Waals surface area contributed by atoms with Gasteiger partial charge in [0.1, 0.15) is 5.82 Å². The predicted molar refractivity (Wildman–Crippen MR) is 136 cm³/mol. The number of nitrogen functional groups attached to an aromatic ring is 1. The number of rotatable bonds is 5. The van der Waals surface area contributed by atoms with Crippen molar-refractivity contribution in [2.45, 2.75) is 31.7 Å². The third kappa shape index (κ3) is 4.33. The number of aromatic nitrogens is 5. The second-order valence-corrected chi connectivity index (χ2v) is 10.0. The third-order valence-electron chi connectivity index (χ3n) is 6.76. The van der Waals surface area contributed by atoms with E-state index in [1.54, 1.807) is 24.4 Å². The number of hydrogen-bond acceptors (Lipinski definition) is 7. The number of hydrogen-bond donors (Lipinski definition) is 1. The van der Waals surface area contributed by atoms with Crippen LogP contribution in [0.1, 0.15) is 31.7 Å². The molecule has 1 saturated heterocycles. The first-order chi connectivity index (χ1) is 17.5. The van der Waals surface area contributed by atoms with Gasteiger partial charge in [0.05, 0.1) is 33.4 Å². The van der Waals surface area contributed by atoms with E-state index in [9.17, 15) is 4.79 Å². The Balaban J connectivity index is 1.22. The lowest BCUT2D eigenvalue weighted by Gasteiger charge is -2.32. The van der Waals surface area contributed by atoms with E-state index in [4.69, 9.17) is 33.4 Å². The number of piperidine rings is 1. The van der Waals surface area contributed by atoms with Crippen molar-refractivity contribution in [1.29, 1.82) is 0 Å². The van der Waals surface area contributed by atoms with E-state index in [0.29, 0.717) is 27.1 Å². The second-order valence-electron chi connectivity index (χ2n) is 9.21. The number of pyridine rings is 1. The van der Waals surface area contributed by atoms with Crippen molar-refractivity contribution < 1.29 is 9.21 Å². The van der Waals surface area contributed by atoms with Crippen molar-refractivity contribution >= 4 is 34.9 Å². The number of nitrogens with two attached hydrogens (primary N) is 1. The zero-order chi connectivity index (χ0) is 24.8. The maximum Gasteiger partial charge on any atom is 0.251 e. The molecule has 0 atom stereocenters. The summed E-state index contributed by atoms with van der Waals surface area (Å²) in [6, 6.07) is 7.26. The molecule has 11 heteroatoms. The van der Waals surface area contributed by atoms with Crippen molar-refractivity contribution in [3.63, 3.8) is 0 Å². The number of benzene rings is 1. The summed E-state index contributed by atoms with van der Waals surface area (Å²) in [6.45, 7) is 1.55. The molecule has 4 aromatic rings. The zero-order valence-corrected chi connectivity index (χ0v) is 20.8. The number of halogens is 2. The molecule has 1 aliphatic carbocycles. The molecule has 0 radical (unpaired) electrons. The normalized spacial score (nSPS) is 16.4. The standard InChI is InChI=1S/C25H23Cl2N7O2/c26-19-2-1-3-20(27)21(19)24-32-31-23(36-24)18-10-15(11-29-22(18)28)16-12-30-34(13-16)17-6-8-33(9-7-17)25(35)14-4-5-14/h1-3,10-14,17H,4-9H2,(H2,28,29). The minimum Gasteiger partial charge on any atom is -0.416 e. The SMILES string of the molecule is Nc1ncc(-c2cnn(C3CCN(C(=O)C4CC4)CC3)c2)cc1-c1nnc(-c2c(Cl)cccc2Cl)o1. The fourth-order valence-corrected chi connectivity index (χ4v) is 5.12. The average molecular weight is 524 g/mol. The third-order valence-corrected chi connectivity index (χ3v) is 7.39. The van der Waals surface area contributed by atoms with Crippen LogP contribution in [0.5, 0.6) is 0 Å². The maximum atomic E-state index is 12.3. The van der Waals surface area contributed by atoms with Crippen LogP contribution in [0.25, 0.3) is 34.0 Å². The smallest absolute Gasteiger partial charge is 0.251 e. The Kier molecular flexibility index (Phi) is 5.89. The minimum atomic E-state index is 0.199. The summed E-state index contributed by atoms with van der Waals surface area (Å²) in [4.78, 5) is 18.7. The van der Waals surface area contributed by atoms with Crippen LogP contribution in [0.4, 0.5) is 5.82 Å². The summed E-state index contributed by atoms with van der Waals surface area (Å²) in [6.07, 6.45) is 9.36. The van der Waals surface area contributed by atoms with E-state index >= 15 is 0 Å². The Morgan fingerprint density at radius 2 is 1.72 bits per heavy atom. The summed E-state index contributed by atoms with van der Waals surface area (Å²) in [5.74, 6) is 1.26. The Morgan fingerprint density at radius 1 is 1.00 bits per heavy atom. The fourth-order valence-electron chi connectivity index (χ4n) is 4.57. The van der Waals surface area contributed by atoms with Gasteiger partial charge in [-0.15, -0.1) is 10.2 Å². The molecule has 2 N–H and O–H groups in total. The fraction of sp³-hybridized carbons (Fsp3) is 0.320. The number of anilines is 1. The van der Waals surface area contributed by atoms with Crippen molar-refractivity contribution in [3.05, 3.63) is 52.9 Å². The monoisotopic (exact) mass is 523 g/mol. The van der Waals surface area contributed by atoms with Gasteiger partial charge in [-0.2, -0.15) is 5.10 Å². The highest BCUT2D eigenvalue weighted by atomic mass is 35.5. The largest absolute Gasteiger partial charge is 0.416 e. The maximum absolute atomic E-state index is 12.3. The summed E-state index contributed by atoms with van der Waals surface area (Å²) in [5.41, 5.74) is 8.84. The summed E-state index contributed by atoms with van der Waals surface area (Å²) in [5, 5.41) is 13.7. The molecule has 0 spiro atoms. The molecule has 0 unspecified atom stereocenters.